The number of rotatable bonds is 7. The average Bonchev–Trinajstić information content (AvgIpc) is 2.68. The van der Waals surface area contributed by atoms with Crippen molar-refractivity contribution in [3.8, 4) is 0 Å². The van der Waals surface area contributed by atoms with Crippen LogP contribution in [0.3, 0.4) is 0 Å². The number of nitrogens with two attached hydrogens (primary N) is 1. The van der Waals surface area contributed by atoms with Crippen LogP contribution >= 0.6 is 11.8 Å². The van der Waals surface area contributed by atoms with Gasteiger partial charge in [-0.25, -0.2) is 5.14 Å². The summed E-state index contributed by atoms with van der Waals surface area (Å²) in [6.45, 7) is 4.94. The van der Waals surface area contributed by atoms with Crippen LogP contribution in [-0.4, -0.2) is 62.0 Å². The molecule has 1 aliphatic rings. The van der Waals surface area contributed by atoms with Crippen molar-refractivity contribution >= 4 is 32.2 Å². The quantitative estimate of drug-likeness (QED) is 0.635. The summed E-state index contributed by atoms with van der Waals surface area (Å²) >= 11 is 1.14. The predicted octanol–water partition coefficient (Wildman–Crippen LogP) is -0.183. The summed E-state index contributed by atoms with van der Waals surface area (Å²) in [5.74, 6) is 0.536. The van der Waals surface area contributed by atoms with E-state index in [-0.39, 0.29) is 16.7 Å². The lowest BCUT2D eigenvalue weighted by molar-refractivity contribution is 0.221. The highest BCUT2D eigenvalue weighted by atomic mass is 32.3. The molecule has 8 nitrogen and oxygen atoms in total. The topological polar surface area (TPSA) is 113 Å². The highest BCUT2D eigenvalue weighted by molar-refractivity contribution is 8.05. The Balaban J connectivity index is 3.14. The van der Waals surface area contributed by atoms with E-state index in [4.69, 9.17) is 5.14 Å². The number of hydrogen-bond donors (Lipinski definition) is 2. The zero-order chi connectivity index (χ0) is 17.2. The number of nitrogens with one attached hydrogen (secondary N) is 1. The predicted molar refractivity (Wildman–Crippen MR) is 85.2 cm³/mol. The van der Waals surface area contributed by atoms with Gasteiger partial charge in [0, 0.05) is 24.4 Å². The SMILES string of the molecule is CC(C)(C)NS(=O)(=O)N(C1SCCN1CCCF)S(N)(=O)=O. The van der Waals surface area contributed by atoms with Crippen LogP contribution in [0.15, 0.2) is 0 Å². The minimum Gasteiger partial charge on any atom is -0.277 e. The molecule has 22 heavy (non-hydrogen) atoms. The Morgan fingerprint density at radius 3 is 2.41 bits per heavy atom. The lowest BCUT2D eigenvalue weighted by Crippen LogP contribution is -2.58. The molecule has 0 aromatic rings. The van der Waals surface area contributed by atoms with Gasteiger partial charge in [-0.3, -0.25) is 9.29 Å². The maximum Gasteiger partial charge on any atom is 0.296 e. The molecular formula is C10H23FN4O4S3. The summed E-state index contributed by atoms with van der Waals surface area (Å²) in [6, 6.07) is 0. The van der Waals surface area contributed by atoms with Gasteiger partial charge in [0.05, 0.1) is 6.67 Å². The number of thioether (sulfide) groups is 1. The van der Waals surface area contributed by atoms with Gasteiger partial charge < -0.3 is 0 Å². The highest BCUT2D eigenvalue weighted by Gasteiger charge is 2.45. The van der Waals surface area contributed by atoms with E-state index in [2.05, 4.69) is 4.72 Å². The van der Waals surface area contributed by atoms with Crippen molar-refractivity contribution in [2.45, 2.75) is 38.2 Å². The first-order valence-electron chi connectivity index (χ1n) is 6.66. The van der Waals surface area contributed by atoms with E-state index in [1.165, 1.54) is 0 Å². The van der Waals surface area contributed by atoms with Gasteiger partial charge in [-0.1, -0.05) is 0 Å². The molecule has 0 aromatic heterocycles. The first-order valence-corrected chi connectivity index (χ1v) is 10.7. The van der Waals surface area contributed by atoms with Gasteiger partial charge in [0.25, 0.3) is 20.4 Å². The third kappa shape index (κ3) is 5.58. The molecule has 0 spiro atoms. The van der Waals surface area contributed by atoms with E-state index in [1.54, 1.807) is 25.7 Å². The smallest absolute Gasteiger partial charge is 0.277 e. The van der Waals surface area contributed by atoms with Crippen LogP contribution in [0, 0.1) is 0 Å². The van der Waals surface area contributed by atoms with Gasteiger partial charge >= 0.3 is 0 Å². The molecule has 3 N–H and O–H groups in total. The summed E-state index contributed by atoms with van der Waals surface area (Å²) in [5, 5.41) is 5.12. The van der Waals surface area contributed by atoms with E-state index in [0.29, 0.717) is 12.3 Å². The monoisotopic (exact) mass is 378 g/mol. The number of hydrogen-bond acceptors (Lipinski definition) is 6. The van der Waals surface area contributed by atoms with Gasteiger partial charge in [-0.05, 0) is 30.9 Å². The average molecular weight is 379 g/mol. The molecule has 0 aliphatic carbocycles. The molecule has 1 unspecified atom stereocenters. The molecule has 0 bridgehead atoms. The van der Waals surface area contributed by atoms with E-state index in [0.717, 1.165) is 11.8 Å². The van der Waals surface area contributed by atoms with Crippen molar-refractivity contribution in [1.29, 1.82) is 0 Å². The van der Waals surface area contributed by atoms with Gasteiger partial charge in [-0.15, -0.1) is 11.8 Å². The molecule has 132 valence electrons. The summed E-state index contributed by atoms with van der Waals surface area (Å²) in [5.41, 5.74) is -1.86. The van der Waals surface area contributed by atoms with E-state index in [1.807, 2.05) is 0 Å². The second-order valence-electron chi connectivity index (χ2n) is 5.90. The standard InChI is InChI=1S/C10H23FN4O4S3/c1-10(2,3)13-22(18,19)15(21(12,16)17)9-14(6-4-5-11)7-8-20-9/h9,13H,4-8H2,1-3H3,(H2,12,16,17). The van der Waals surface area contributed by atoms with Gasteiger partial charge in [-0.2, -0.15) is 21.6 Å². The van der Waals surface area contributed by atoms with Crippen molar-refractivity contribution in [1.82, 2.24) is 13.3 Å². The molecular weight excluding hydrogens is 355 g/mol. The van der Waals surface area contributed by atoms with Gasteiger partial charge in [0.2, 0.25) is 0 Å². The van der Waals surface area contributed by atoms with Crippen LogP contribution in [0.25, 0.3) is 0 Å². The molecule has 1 aliphatic heterocycles. The molecule has 1 saturated heterocycles. The Morgan fingerprint density at radius 1 is 1.36 bits per heavy atom. The van der Waals surface area contributed by atoms with Crippen molar-refractivity contribution < 1.29 is 21.2 Å². The summed E-state index contributed by atoms with van der Waals surface area (Å²) in [4.78, 5) is 1.59. The molecule has 0 saturated carbocycles. The lowest BCUT2D eigenvalue weighted by atomic mass is 10.1. The summed E-state index contributed by atoms with van der Waals surface area (Å²) in [6.07, 6.45) is 0.197. The fraction of sp³-hybridized carbons (Fsp3) is 1.00. The number of halogens is 1. The molecule has 1 rings (SSSR count). The van der Waals surface area contributed by atoms with Crippen LogP contribution in [0.5, 0.6) is 0 Å². The maximum atomic E-state index is 12.4. The number of alkyl halides is 1. The molecule has 0 aromatic carbocycles. The zero-order valence-corrected chi connectivity index (χ0v) is 15.3. The second kappa shape index (κ2) is 7.28. The van der Waals surface area contributed by atoms with E-state index < -0.39 is 38.1 Å². The van der Waals surface area contributed by atoms with Crippen LogP contribution in [0.4, 0.5) is 4.39 Å². The van der Waals surface area contributed by atoms with Gasteiger partial charge in [0.15, 0.2) is 0 Å². The van der Waals surface area contributed by atoms with Crippen LogP contribution in [-0.2, 0) is 20.4 Å². The van der Waals surface area contributed by atoms with Crippen LogP contribution < -0.4 is 9.86 Å². The normalized spacial score (nSPS) is 21.6. The van der Waals surface area contributed by atoms with E-state index >= 15 is 0 Å². The van der Waals surface area contributed by atoms with E-state index in [9.17, 15) is 21.2 Å². The molecule has 0 amide bonds. The minimum atomic E-state index is -4.51. The molecule has 12 heteroatoms. The van der Waals surface area contributed by atoms with Crippen LogP contribution in [0.2, 0.25) is 0 Å². The van der Waals surface area contributed by atoms with Gasteiger partial charge in [0.1, 0.15) is 5.50 Å². The third-order valence-corrected chi connectivity index (χ3v) is 7.59. The Kier molecular flexibility index (Phi) is 6.64. The third-order valence-electron chi connectivity index (χ3n) is 2.64. The molecule has 0 radical (unpaired) electrons. The maximum absolute atomic E-state index is 12.4. The fourth-order valence-electron chi connectivity index (χ4n) is 1.98. The Morgan fingerprint density at radius 2 is 1.95 bits per heavy atom. The largest absolute Gasteiger partial charge is 0.296 e. The Hall–Kier alpha value is 0.0200. The zero-order valence-electron chi connectivity index (χ0n) is 12.8. The van der Waals surface area contributed by atoms with Crippen LogP contribution in [0.1, 0.15) is 27.2 Å². The Labute approximate surface area is 136 Å². The summed E-state index contributed by atoms with van der Waals surface area (Å²) < 4.78 is 63.5. The van der Waals surface area contributed by atoms with Crippen molar-refractivity contribution in [2.24, 2.45) is 5.14 Å². The first-order chi connectivity index (χ1) is 9.88. The second-order valence-corrected chi connectivity index (χ2v) is 10.3. The first kappa shape index (κ1) is 20.1. The summed E-state index contributed by atoms with van der Waals surface area (Å²) in [7, 11) is -8.87. The van der Waals surface area contributed by atoms with Crippen molar-refractivity contribution in [2.75, 3.05) is 25.5 Å². The Bertz CT molecular complexity index is 575. The highest BCUT2D eigenvalue weighted by Crippen LogP contribution is 2.30. The lowest BCUT2D eigenvalue weighted by Gasteiger charge is -2.33. The molecule has 1 fully saturated rings. The molecule has 1 heterocycles. The molecule has 1 atom stereocenters. The van der Waals surface area contributed by atoms with Crippen molar-refractivity contribution in [3.63, 3.8) is 0 Å². The fourth-order valence-corrected chi connectivity index (χ4v) is 6.97. The number of nitrogens with zero attached hydrogens (tertiary/aromatic N) is 2. The van der Waals surface area contributed by atoms with Crippen molar-refractivity contribution in [3.05, 3.63) is 0 Å². The minimum absolute atomic E-state index is 0.197.